The molecule has 0 radical (unpaired) electrons. The Morgan fingerprint density at radius 1 is 1.56 bits per heavy atom. The van der Waals surface area contributed by atoms with Crippen molar-refractivity contribution in [1.82, 2.24) is 4.90 Å². The van der Waals surface area contributed by atoms with E-state index in [2.05, 4.69) is 0 Å². The Balaban J connectivity index is 3.24. The molecule has 102 valence electrons. The molecular formula is C13H22N2O2S. The maximum Gasteiger partial charge on any atom is 0.236 e. The quantitative estimate of drug-likeness (QED) is 0.625. The van der Waals surface area contributed by atoms with Crippen LogP contribution in [0.25, 0.3) is 0 Å². The number of thiocarbonyl (C=S) groups is 1. The topological polar surface area (TPSA) is 63.4 Å². The van der Waals surface area contributed by atoms with Gasteiger partial charge in [0, 0.05) is 6.42 Å². The van der Waals surface area contributed by atoms with Crippen LogP contribution in [0.5, 0.6) is 0 Å². The van der Waals surface area contributed by atoms with E-state index < -0.39 is 11.0 Å². The molecule has 18 heavy (non-hydrogen) atoms. The fraction of sp³-hybridized carbons (Fsp3) is 0.769. The van der Waals surface area contributed by atoms with E-state index in [0.717, 1.165) is 0 Å². The second-order valence-electron chi connectivity index (χ2n) is 5.77. The summed E-state index contributed by atoms with van der Waals surface area (Å²) >= 11 is 5.04. The molecule has 4 nitrogen and oxygen atoms in total. The lowest BCUT2D eigenvalue weighted by Gasteiger charge is -2.37. The molecule has 0 aromatic carbocycles. The van der Waals surface area contributed by atoms with Gasteiger partial charge < -0.3 is 5.73 Å². The lowest BCUT2D eigenvalue weighted by molar-refractivity contribution is -0.146. The second-order valence-corrected chi connectivity index (χ2v) is 6.21. The smallest absolute Gasteiger partial charge is 0.236 e. The van der Waals surface area contributed by atoms with Crippen molar-refractivity contribution in [3.05, 3.63) is 0 Å². The minimum atomic E-state index is -0.851. The molecule has 2 unspecified atom stereocenters. The number of imide groups is 1. The van der Waals surface area contributed by atoms with Gasteiger partial charge >= 0.3 is 0 Å². The normalized spacial score (nSPS) is 27.8. The first-order valence-corrected chi connectivity index (χ1v) is 6.69. The summed E-state index contributed by atoms with van der Waals surface area (Å²) in [6.07, 6.45) is 0.774. The Labute approximate surface area is 114 Å². The van der Waals surface area contributed by atoms with Crippen LogP contribution in [-0.4, -0.2) is 27.2 Å². The van der Waals surface area contributed by atoms with Crippen LogP contribution in [0.15, 0.2) is 0 Å². The van der Waals surface area contributed by atoms with Crippen molar-refractivity contribution < 1.29 is 9.59 Å². The molecule has 1 saturated heterocycles. The van der Waals surface area contributed by atoms with Gasteiger partial charge in [-0.25, -0.2) is 0 Å². The highest BCUT2D eigenvalue weighted by Gasteiger charge is 2.55. The number of carbonyl (C=O) groups excluding carboxylic acids is 2. The maximum absolute atomic E-state index is 12.6. The van der Waals surface area contributed by atoms with Gasteiger partial charge in [0.05, 0.1) is 15.9 Å². The zero-order valence-corrected chi connectivity index (χ0v) is 12.6. The van der Waals surface area contributed by atoms with Crippen molar-refractivity contribution in [1.29, 1.82) is 0 Å². The first-order valence-electron chi connectivity index (χ1n) is 6.28. The molecule has 0 saturated carbocycles. The van der Waals surface area contributed by atoms with Gasteiger partial charge in [0.15, 0.2) is 0 Å². The van der Waals surface area contributed by atoms with Crippen LogP contribution in [0.3, 0.4) is 0 Å². The van der Waals surface area contributed by atoms with Crippen molar-refractivity contribution in [2.24, 2.45) is 17.1 Å². The predicted molar refractivity (Wildman–Crippen MR) is 74.9 cm³/mol. The average Bonchev–Trinajstić information content (AvgIpc) is 2.50. The lowest BCUT2D eigenvalue weighted by atomic mass is 9.77. The molecule has 0 spiro atoms. The van der Waals surface area contributed by atoms with Crippen molar-refractivity contribution in [2.45, 2.75) is 53.0 Å². The Morgan fingerprint density at radius 2 is 2.06 bits per heavy atom. The van der Waals surface area contributed by atoms with E-state index in [-0.39, 0.29) is 29.1 Å². The van der Waals surface area contributed by atoms with E-state index in [0.29, 0.717) is 6.42 Å². The number of nitrogens with zero attached hydrogens (tertiary/aromatic N) is 1. The van der Waals surface area contributed by atoms with E-state index in [1.54, 1.807) is 6.92 Å². The van der Waals surface area contributed by atoms with Crippen LogP contribution in [0, 0.1) is 11.3 Å². The van der Waals surface area contributed by atoms with Gasteiger partial charge in [0.1, 0.15) is 0 Å². The minimum Gasteiger partial charge on any atom is -0.391 e. The molecule has 2 amide bonds. The third-order valence-electron chi connectivity index (χ3n) is 4.45. The highest BCUT2D eigenvalue weighted by atomic mass is 32.1. The summed E-state index contributed by atoms with van der Waals surface area (Å²) in [5.74, 6) is -0.223. The lowest BCUT2D eigenvalue weighted by Crippen LogP contribution is -2.57. The molecule has 0 aromatic heterocycles. The van der Waals surface area contributed by atoms with Crippen molar-refractivity contribution in [3.8, 4) is 0 Å². The van der Waals surface area contributed by atoms with Crippen LogP contribution in [0.2, 0.25) is 0 Å². The van der Waals surface area contributed by atoms with Gasteiger partial charge in [0.25, 0.3) is 0 Å². The van der Waals surface area contributed by atoms with Gasteiger partial charge in [-0.2, -0.15) is 0 Å². The summed E-state index contributed by atoms with van der Waals surface area (Å²) in [4.78, 5) is 26.3. The van der Waals surface area contributed by atoms with E-state index in [1.165, 1.54) is 4.90 Å². The Hall–Kier alpha value is -0.970. The van der Waals surface area contributed by atoms with Crippen LogP contribution in [0.4, 0.5) is 0 Å². The third kappa shape index (κ3) is 1.94. The molecule has 5 heteroatoms. The van der Waals surface area contributed by atoms with Gasteiger partial charge in [-0.1, -0.05) is 33.0 Å². The summed E-state index contributed by atoms with van der Waals surface area (Å²) < 4.78 is 0. The van der Waals surface area contributed by atoms with Crippen molar-refractivity contribution in [2.75, 3.05) is 0 Å². The van der Waals surface area contributed by atoms with Gasteiger partial charge in [-0.15, -0.1) is 0 Å². The first kappa shape index (κ1) is 15.1. The van der Waals surface area contributed by atoms with Crippen LogP contribution >= 0.6 is 12.2 Å². The SMILES string of the molecule is CCC(C)(C(N)=S)N1C(=O)CC(C)(C(C)C)C1=O. The Morgan fingerprint density at radius 3 is 2.33 bits per heavy atom. The zero-order valence-electron chi connectivity index (χ0n) is 11.7. The van der Waals surface area contributed by atoms with E-state index >= 15 is 0 Å². The average molecular weight is 270 g/mol. The summed E-state index contributed by atoms with van der Waals surface area (Å²) in [5, 5.41) is 0. The highest BCUT2D eigenvalue weighted by Crippen LogP contribution is 2.42. The van der Waals surface area contributed by atoms with Crippen LogP contribution in [-0.2, 0) is 9.59 Å². The van der Waals surface area contributed by atoms with Gasteiger partial charge in [0.2, 0.25) is 11.8 Å². The largest absolute Gasteiger partial charge is 0.391 e. The Bertz CT molecular complexity index is 408. The number of hydrogen-bond acceptors (Lipinski definition) is 3. The van der Waals surface area contributed by atoms with Crippen molar-refractivity contribution >= 4 is 29.0 Å². The minimum absolute atomic E-state index is 0.103. The number of hydrogen-bond donors (Lipinski definition) is 1. The number of rotatable bonds is 4. The molecule has 0 aliphatic carbocycles. The Kier molecular flexibility index (Phi) is 3.86. The molecule has 1 aliphatic heterocycles. The summed E-state index contributed by atoms with van der Waals surface area (Å²) in [5.41, 5.74) is 4.24. The molecule has 1 heterocycles. The summed E-state index contributed by atoms with van der Waals surface area (Å²) in [7, 11) is 0. The van der Waals surface area contributed by atoms with E-state index in [9.17, 15) is 9.59 Å². The van der Waals surface area contributed by atoms with Crippen molar-refractivity contribution in [3.63, 3.8) is 0 Å². The summed E-state index contributed by atoms with van der Waals surface area (Å²) in [6, 6.07) is 0. The molecule has 1 aliphatic rings. The van der Waals surface area contributed by atoms with E-state index in [1.807, 2.05) is 27.7 Å². The number of amides is 2. The molecule has 1 rings (SSSR count). The third-order valence-corrected chi connectivity index (χ3v) is 4.89. The standard InChI is InChI=1S/C13H22N2O2S/c1-6-13(5,10(14)18)15-9(16)7-12(4,8(2)3)11(15)17/h8H,6-7H2,1-5H3,(H2,14,18). The monoisotopic (exact) mass is 270 g/mol. The number of carbonyl (C=O) groups is 2. The fourth-order valence-corrected chi connectivity index (χ4v) is 2.47. The molecule has 2 atom stereocenters. The fourth-order valence-electron chi connectivity index (χ4n) is 2.23. The molecular weight excluding hydrogens is 248 g/mol. The highest BCUT2D eigenvalue weighted by molar-refractivity contribution is 7.80. The zero-order chi connectivity index (χ0) is 14.3. The second kappa shape index (κ2) is 4.61. The summed E-state index contributed by atoms with van der Waals surface area (Å²) in [6.45, 7) is 9.40. The van der Waals surface area contributed by atoms with Gasteiger partial charge in [-0.05, 0) is 26.2 Å². The molecule has 0 aromatic rings. The van der Waals surface area contributed by atoms with Crippen LogP contribution < -0.4 is 5.73 Å². The molecule has 1 fully saturated rings. The molecule has 0 bridgehead atoms. The molecule has 2 N–H and O–H groups in total. The predicted octanol–water partition coefficient (Wildman–Crippen LogP) is 1.86. The number of likely N-dealkylation sites (tertiary alicyclic amines) is 1. The van der Waals surface area contributed by atoms with Gasteiger partial charge in [-0.3, -0.25) is 14.5 Å². The van der Waals surface area contributed by atoms with Crippen LogP contribution in [0.1, 0.15) is 47.5 Å². The first-order chi connectivity index (χ1) is 8.11. The maximum atomic E-state index is 12.6. The van der Waals surface area contributed by atoms with E-state index in [4.69, 9.17) is 18.0 Å². The number of nitrogens with two attached hydrogens (primary N) is 1.